The quantitative estimate of drug-likeness (QED) is 0.583. The third-order valence-corrected chi connectivity index (χ3v) is 4.90. The molecule has 0 amide bonds. The fourth-order valence-electron chi connectivity index (χ4n) is 4.90. The van der Waals surface area contributed by atoms with Gasteiger partial charge in [-0.1, -0.05) is 0 Å². The highest BCUT2D eigenvalue weighted by molar-refractivity contribution is 5.22. The first kappa shape index (κ1) is 11.0. The van der Waals surface area contributed by atoms with E-state index in [1.165, 1.54) is 0 Å². The molecule has 4 heteroatoms. The minimum absolute atomic E-state index is 0.229. The Morgan fingerprint density at radius 1 is 0.688 bits per heavy atom. The Morgan fingerprint density at radius 2 is 1.00 bits per heavy atom. The van der Waals surface area contributed by atoms with E-state index in [4.69, 9.17) is 0 Å². The summed E-state index contributed by atoms with van der Waals surface area (Å²) < 4.78 is 0. The van der Waals surface area contributed by atoms with Crippen LogP contribution in [-0.4, -0.2) is 56.7 Å². The molecule has 0 spiro atoms. The summed E-state index contributed by atoms with van der Waals surface area (Å²) in [6.45, 7) is 0. The van der Waals surface area contributed by atoms with Gasteiger partial charge in [-0.25, -0.2) is 0 Å². The van der Waals surface area contributed by atoms with Gasteiger partial charge in [0.2, 0.25) is 0 Å². The van der Waals surface area contributed by atoms with E-state index in [0.29, 0.717) is 38.5 Å². The smallest absolute Gasteiger partial charge is 0.0720 e. The third-order valence-electron chi connectivity index (χ3n) is 4.90. The number of rotatable bonds is 1. The van der Waals surface area contributed by atoms with Crippen LogP contribution in [0.5, 0.6) is 0 Å². The van der Waals surface area contributed by atoms with Crippen molar-refractivity contribution in [2.75, 3.05) is 14.1 Å². The molecule has 4 nitrogen and oxygen atoms in total. The zero-order valence-corrected chi connectivity index (χ0v) is 10.0. The van der Waals surface area contributed by atoms with Crippen molar-refractivity contribution in [2.45, 2.75) is 60.9 Å². The number of hydrogen-bond donors (Lipinski definition) is 3. The Bertz CT molecular complexity index is 288. The minimum Gasteiger partial charge on any atom is -0.390 e. The van der Waals surface area contributed by atoms with Crippen LogP contribution in [0.15, 0.2) is 0 Å². The maximum Gasteiger partial charge on any atom is 0.0720 e. The van der Waals surface area contributed by atoms with Crippen LogP contribution in [0.2, 0.25) is 0 Å². The van der Waals surface area contributed by atoms with Crippen LogP contribution in [-0.2, 0) is 0 Å². The standard InChI is InChI=1S/C12H21NO3/c1-13(2)9-3-10(14)6-11(15,4-9)8-12(16,5-9)7-10/h14-16H,3-8H2,1-2H3. The molecule has 0 aromatic rings. The van der Waals surface area contributed by atoms with Crippen LogP contribution < -0.4 is 0 Å². The van der Waals surface area contributed by atoms with Crippen molar-refractivity contribution < 1.29 is 15.3 Å². The highest BCUT2D eigenvalue weighted by Gasteiger charge is 2.68. The maximum absolute atomic E-state index is 10.5. The number of aliphatic hydroxyl groups is 3. The predicted octanol–water partition coefficient (Wildman–Crippen LogP) is -0.139. The van der Waals surface area contributed by atoms with Crippen LogP contribution in [0.3, 0.4) is 0 Å². The van der Waals surface area contributed by atoms with E-state index in [2.05, 4.69) is 4.90 Å². The molecule has 0 unspecified atom stereocenters. The van der Waals surface area contributed by atoms with Gasteiger partial charge in [-0.2, -0.15) is 0 Å². The summed E-state index contributed by atoms with van der Waals surface area (Å²) in [4.78, 5) is 2.07. The third kappa shape index (κ3) is 1.30. The summed E-state index contributed by atoms with van der Waals surface area (Å²) in [5.74, 6) is 0. The van der Waals surface area contributed by atoms with Gasteiger partial charge < -0.3 is 20.2 Å². The van der Waals surface area contributed by atoms with Crippen molar-refractivity contribution >= 4 is 0 Å². The van der Waals surface area contributed by atoms with Crippen LogP contribution in [0.25, 0.3) is 0 Å². The topological polar surface area (TPSA) is 63.9 Å². The Kier molecular flexibility index (Phi) is 1.81. The molecule has 0 aromatic heterocycles. The van der Waals surface area contributed by atoms with E-state index < -0.39 is 16.8 Å². The van der Waals surface area contributed by atoms with E-state index in [1.807, 2.05) is 14.1 Å². The normalized spacial score (nSPS) is 59.6. The molecule has 92 valence electrons. The summed E-state index contributed by atoms with van der Waals surface area (Å²) in [6, 6.07) is 0. The fraction of sp³-hybridized carbons (Fsp3) is 1.00. The Labute approximate surface area is 95.9 Å². The van der Waals surface area contributed by atoms with Crippen LogP contribution >= 0.6 is 0 Å². The molecule has 0 atom stereocenters. The summed E-state index contributed by atoms with van der Waals surface area (Å²) in [6.07, 6.45) is 3.32. The van der Waals surface area contributed by atoms with Crippen molar-refractivity contribution in [1.29, 1.82) is 0 Å². The maximum atomic E-state index is 10.5. The first-order valence-electron chi connectivity index (χ1n) is 6.03. The molecule has 0 saturated heterocycles. The van der Waals surface area contributed by atoms with Gasteiger partial charge in [0.05, 0.1) is 16.8 Å². The second kappa shape index (κ2) is 2.64. The summed E-state index contributed by atoms with van der Waals surface area (Å²) in [5, 5.41) is 31.5. The van der Waals surface area contributed by atoms with Gasteiger partial charge >= 0.3 is 0 Å². The zero-order valence-electron chi connectivity index (χ0n) is 10.0. The lowest BCUT2D eigenvalue weighted by molar-refractivity contribution is -0.278. The minimum atomic E-state index is -0.872. The van der Waals surface area contributed by atoms with Gasteiger partial charge in [-0.3, -0.25) is 0 Å². The van der Waals surface area contributed by atoms with Crippen molar-refractivity contribution in [3.05, 3.63) is 0 Å². The monoisotopic (exact) mass is 227 g/mol. The molecular weight excluding hydrogens is 206 g/mol. The van der Waals surface area contributed by atoms with Crippen LogP contribution in [0, 0.1) is 0 Å². The van der Waals surface area contributed by atoms with E-state index >= 15 is 0 Å². The molecule has 4 aliphatic rings. The van der Waals surface area contributed by atoms with Crippen LogP contribution in [0.4, 0.5) is 0 Å². The van der Waals surface area contributed by atoms with E-state index in [1.54, 1.807) is 0 Å². The number of hydrogen-bond acceptors (Lipinski definition) is 4. The lowest BCUT2D eigenvalue weighted by Crippen LogP contribution is -2.74. The summed E-state index contributed by atoms with van der Waals surface area (Å²) >= 11 is 0. The molecule has 3 N–H and O–H groups in total. The molecule has 4 fully saturated rings. The molecule has 4 rings (SSSR count). The Hall–Kier alpha value is -0.160. The van der Waals surface area contributed by atoms with Crippen molar-refractivity contribution in [2.24, 2.45) is 0 Å². The molecule has 4 bridgehead atoms. The molecular formula is C12H21NO3. The molecule has 0 aliphatic heterocycles. The van der Waals surface area contributed by atoms with E-state index in [0.717, 1.165) is 0 Å². The second-order valence-corrected chi connectivity index (χ2v) is 6.85. The first-order valence-corrected chi connectivity index (χ1v) is 6.03. The van der Waals surface area contributed by atoms with Gasteiger partial charge in [0.25, 0.3) is 0 Å². The van der Waals surface area contributed by atoms with Crippen molar-refractivity contribution in [1.82, 2.24) is 4.90 Å². The highest BCUT2D eigenvalue weighted by Crippen LogP contribution is 2.62. The highest BCUT2D eigenvalue weighted by atomic mass is 16.3. The van der Waals surface area contributed by atoms with Crippen molar-refractivity contribution in [3.63, 3.8) is 0 Å². The summed E-state index contributed by atoms with van der Waals surface area (Å²) in [7, 11) is 3.95. The SMILES string of the molecule is CN(C)C12CC3(O)CC(O)(CC(O)(C3)C1)C2. The first-order chi connectivity index (χ1) is 7.19. The van der Waals surface area contributed by atoms with Gasteiger partial charge in [0.15, 0.2) is 0 Å². The average Bonchev–Trinajstić information content (AvgIpc) is 1.92. The van der Waals surface area contributed by atoms with E-state index in [9.17, 15) is 15.3 Å². The lowest BCUT2D eigenvalue weighted by Gasteiger charge is -2.67. The van der Waals surface area contributed by atoms with Crippen molar-refractivity contribution in [3.8, 4) is 0 Å². The fourth-order valence-corrected chi connectivity index (χ4v) is 4.90. The van der Waals surface area contributed by atoms with E-state index in [-0.39, 0.29) is 5.54 Å². The lowest BCUT2D eigenvalue weighted by atomic mass is 9.47. The molecule has 16 heavy (non-hydrogen) atoms. The van der Waals surface area contributed by atoms with Gasteiger partial charge in [-0.05, 0) is 33.4 Å². The molecule has 4 saturated carbocycles. The second-order valence-electron chi connectivity index (χ2n) is 6.85. The Morgan fingerprint density at radius 3 is 1.25 bits per heavy atom. The molecule has 0 heterocycles. The predicted molar refractivity (Wildman–Crippen MR) is 59.0 cm³/mol. The average molecular weight is 227 g/mol. The van der Waals surface area contributed by atoms with Crippen LogP contribution in [0.1, 0.15) is 38.5 Å². The Balaban J connectivity index is 2.07. The van der Waals surface area contributed by atoms with Gasteiger partial charge in [-0.15, -0.1) is 0 Å². The zero-order chi connectivity index (χ0) is 11.8. The largest absolute Gasteiger partial charge is 0.390 e. The molecule has 0 aromatic carbocycles. The van der Waals surface area contributed by atoms with Gasteiger partial charge in [0, 0.05) is 24.8 Å². The molecule has 4 aliphatic carbocycles. The number of nitrogens with zero attached hydrogens (tertiary/aromatic N) is 1. The van der Waals surface area contributed by atoms with Gasteiger partial charge in [0.1, 0.15) is 0 Å². The molecule has 0 radical (unpaired) electrons. The summed E-state index contributed by atoms with van der Waals surface area (Å²) in [5.41, 5.74) is -2.85.